The summed E-state index contributed by atoms with van der Waals surface area (Å²) in [6.07, 6.45) is -3.82. The molecule has 0 atom stereocenters. The third-order valence-corrected chi connectivity index (χ3v) is 6.54. The Morgan fingerprint density at radius 1 is 1.05 bits per heavy atom. The first-order chi connectivity index (χ1) is 19.4. The normalized spacial score (nSPS) is 13.9. The zero-order valence-electron chi connectivity index (χ0n) is 21.2. The summed E-state index contributed by atoms with van der Waals surface area (Å²) in [6.45, 7) is -1.48. The van der Waals surface area contributed by atoms with Crippen LogP contribution in [0.15, 0.2) is 52.9 Å². The molecule has 2 heterocycles. The summed E-state index contributed by atoms with van der Waals surface area (Å²) in [7, 11) is 1.36. The van der Waals surface area contributed by atoms with E-state index >= 15 is 0 Å². The second-order valence-corrected chi connectivity index (χ2v) is 9.44. The zero-order valence-corrected chi connectivity index (χ0v) is 21.2. The number of hydrogen-bond donors (Lipinski definition) is 3. The first-order valence-corrected chi connectivity index (χ1v) is 12.2. The van der Waals surface area contributed by atoms with E-state index in [0.29, 0.717) is 18.4 Å². The number of carbonyl (C=O) groups is 2. The number of carbonyl (C=O) groups excluding carboxylic acids is 2. The van der Waals surface area contributed by atoms with Crippen molar-refractivity contribution in [1.82, 2.24) is 15.6 Å². The Kier molecular flexibility index (Phi) is 6.86. The molecule has 0 unspecified atom stereocenters. The maximum atomic E-state index is 14.7. The number of benzene rings is 2. The van der Waals surface area contributed by atoms with E-state index in [2.05, 4.69) is 20.9 Å². The Labute approximate surface area is 229 Å². The number of pyridine rings is 1. The molecule has 0 spiro atoms. The minimum Gasteiger partial charge on any atom is -0.437 e. The Bertz CT molecular complexity index is 1720. The molecule has 0 bridgehead atoms. The Morgan fingerprint density at radius 2 is 1.73 bits per heavy atom. The van der Waals surface area contributed by atoms with Crippen molar-refractivity contribution < 1.29 is 36.0 Å². The lowest BCUT2D eigenvalue weighted by atomic mass is 9.99. The van der Waals surface area contributed by atoms with Crippen molar-refractivity contribution in [3.8, 4) is 28.5 Å². The molecule has 5 rings (SSSR count). The van der Waals surface area contributed by atoms with Crippen LogP contribution in [0.2, 0.25) is 0 Å². The van der Waals surface area contributed by atoms with Crippen LogP contribution in [0.25, 0.3) is 33.6 Å². The minimum atomic E-state index is -4.63. The van der Waals surface area contributed by atoms with Crippen LogP contribution in [-0.4, -0.2) is 42.1 Å². The molecule has 41 heavy (non-hydrogen) atoms. The summed E-state index contributed by atoms with van der Waals surface area (Å²) in [4.78, 5) is 29.9. The van der Waals surface area contributed by atoms with Crippen LogP contribution >= 0.6 is 0 Å². The third kappa shape index (κ3) is 5.54. The standard InChI is InChI=1S/C28H20F5N5O3/c1-35-25(40)21-19-11-17(15-4-7-20(30)18(10-15)24(39)38-27(12-34)8-9-27)23(36-13-28(31,32)33)37-26(19)41-22(21)14-2-5-16(29)6-3-14/h2-7,10-11H,8-9,13H2,1H3,(H,35,40)(H,36,37)(H,38,39). The molecule has 210 valence electrons. The van der Waals surface area contributed by atoms with Gasteiger partial charge in [0.2, 0.25) is 5.71 Å². The lowest BCUT2D eigenvalue weighted by Crippen LogP contribution is -2.36. The van der Waals surface area contributed by atoms with Crippen molar-refractivity contribution in [2.45, 2.75) is 24.6 Å². The average molecular weight is 569 g/mol. The number of amides is 2. The number of hydrogen-bond acceptors (Lipinski definition) is 6. The molecule has 1 aliphatic carbocycles. The summed E-state index contributed by atoms with van der Waals surface area (Å²) in [6, 6.07) is 11.7. The molecule has 0 radical (unpaired) electrons. The van der Waals surface area contributed by atoms with Gasteiger partial charge in [-0.2, -0.15) is 23.4 Å². The Balaban J connectivity index is 1.69. The molecule has 3 N–H and O–H groups in total. The van der Waals surface area contributed by atoms with E-state index in [1.165, 1.54) is 31.3 Å². The summed E-state index contributed by atoms with van der Waals surface area (Å²) in [5.74, 6) is -3.24. The third-order valence-electron chi connectivity index (χ3n) is 6.54. The van der Waals surface area contributed by atoms with Gasteiger partial charge in [-0.05, 0) is 60.9 Å². The SMILES string of the molecule is CNC(=O)c1c(-c2ccc(F)cc2)oc2nc(NCC(F)(F)F)c(-c3ccc(F)c(C(=O)NC4(C#N)CC4)c3)cc12. The number of nitrogens with zero attached hydrogens (tertiary/aromatic N) is 2. The molecule has 2 amide bonds. The number of furan rings is 1. The number of halogens is 5. The fourth-order valence-electron chi connectivity index (χ4n) is 4.26. The second-order valence-electron chi connectivity index (χ2n) is 9.44. The Hall–Kier alpha value is -4.99. The van der Waals surface area contributed by atoms with Gasteiger partial charge >= 0.3 is 6.18 Å². The lowest BCUT2D eigenvalue weighted by Gasteiger charge is -2.15. The smallest absolute Gasteiger partial charge is 0.405 e. The number of fused-ring (bicyclic) bond motifs is 1. The van der Waals surface area contributed by atoms with E-state index in [0.717, 1.165) is 24.3 Å². The molecule has 0 aliphatic heterocycles. The predicted molar refractivity (Wildman–Crippen MR) is 138 cm³/mol. The van der Waals surface area contributed by atoms with E-state index in [9.17, 15) is 36.8 Å². The van der Waals surface area contributed by atoms with Gasteiger partial charge in [0.15, 0.2) is 0 Å². The summed E-state index contributed by atoms with van der Waals surface area (Å²) in [5.41, 5.74) is -1.32. The van der Waals surface area contributed by atoms with Crippen molar-refractivity contribution in [3.63, 3.8) is 0 Å². The number of rotatable bonds is 7. The molecular weight excluding hydrogens is 549 g/mol. The quantitative estimate of drug-likeness (QED) is 0.251. The van der Waals surface area contributed by atoms with Gasteiger partial charge in [0.05, 0.1) is 22.6 Å². The highest BCUT2D eigenvalue weighted by Crippen LogP contribution is 2.39. The van der Waals surface area contributed by atoms with Crippen molar-refractivity contribution in [1.29, 1.82) is 5.26 Å². The first kappa shape index (κ1) is 27.6. The zero-order chi connectivity index (χ0) is 29.5. The molecule has 2 aromatic carbocycles. The molecule has 2 aromatic heterocycles. The molecule has 1 fully saturated rings. The van der Waals surface area contributed by atoms with Crippen molar-refractivity contribution >= 4 is 28.7 Å². The number of alkyl halides is 3. The van der Waals surface area contributed by atoms with E-state index in [4.69, 9.17) is 4.42 Å². The van der Waals surface area contributed by atoms with Gasteiger partial charge in [-0.3, -0.25) is 9.59 Å². The van der Waals surface area contributed by atoms with Gasteiger partial charge in [0.1, 0.15) is 35.3 Å². The van der Waals surface area contributed by atoms with Gasteiger partial charge in [-0.15, -0.1) is 0 Å². The predicted octanol–water partition coefficient (Wildman–Crippen LogP) is 5.56. The number of aromatic nitrogens is 1. The first-order valence-electron chi connectivity index (χ1n) is 12.2. The van der Waals surface area contributed by atoms with Crippen LogP contribution in [0.5, 0.6) is 0 Å². The number of nitrogens with one attached hydrogen (secondary N) is 3. The Morgan fingerprint density at radius 3 is 2.34 bits per heavy atom. The average Bonchev–Trinajstić information content (AvgIpc) is 3.62. The topological polar surface area (TPSA) is 120 Å². The fraction of sp³-hybridized carbons (Fsp3) is 0.214. The van der Waals surface area contributed by atoms with Crippen LogP contribution in [0.3, 0.4) is 0 Å². The van der Waals surface area contributed by atoms with Crippen molar-refractivity contribution in [2.75, 3.05) is 18.9 Å². The van der Waals surface area contributed by atoms with Gasteiger partial charge in [-0.1, -0.05) is 6.07 Å². The molecule has 1 aliphatic rings. The highest BCUT2D eigenvalue weighted by Gasteiger charge is 2.45. The summed E-state index contributed by atoms with van der Waals surface area (Å²) >= 11 is 0. The van der Waals surface area contributed by atoms with E-state index in [-0.39, 0.29) is 39.4 Å². The summed E-state index contributed by atoms with van der Waals surface area (Å²) in [5, 5.41) is 16.5. The van der Waals surface area contributed by atoms with Gasteiger partial charge in [0.25, 0.3) is 11.8 Å². The van der Waals surface area contributed by atoms with Gasteiger partial charge in [-0.25, -0.2) is 8.78 Å². The monoisotopic (exact) mass is 569 g/mol. The molecule has 1 saturated carbocycles. The molecule has 0 saturated heterocycles. The van der Waals surface area contributed by atoms with Crippen LogP contribution in [-0.2, 0) is 0 Å². The van der Waals surface area contributed by atoms with Crippen LogP contribution in [0.1, 0.15) is 33.6 Å². The van der Waals surface area contributed by atoms with E-state index in [1.807, 2.05) is 6.07 Å². The maximum Gasteiger partial charge on any atom is 0.405 e. The van der Waals surface area contributed by atoms with Crippen molar-refractivity contribution in [2.24, 2.45) is 0 Å². The number of nitriles is 1. The van der Waals surface area contributed by atoms with Gasteiger partial charge in [0, 0.05) is 18.2 Å². The van der Waals surface area contributed by atoms with E-state index in [1.54, 1.807) is 0 Å². The molecular formula is C28H20F5N5O3. The van der Waals surface area contributed by atoms with Crippen LogP contribution in [0, 0.1) is 23.0 Å². The van der Waals surface area contributed by atoms with Crippen molar-refractivity contribution in [3.05, 3.63) is 71.3 Å². The highest BCUT2D eigenvalue weighted by atomic mass is 19.4. The fourth-order valence-corrected chi connectivity index (χ4v) is 4.26. The van der Waals surface area contributed by atoms with E-state index < -0.39 is 47.3 Å². The largest absolute Gasteiger partial charge is 0.437 e. The van der Waals surface area contributed by atoms with Gasteiger partial charge < -0.3 is 20.4 Å². The molecule has 4 aromatic rings. The maximum absolute atomic E-state index is 14.7. The molecule has 13 heteroatoms. The van der Waals surface area contributed by atoms with Crippen LogP contribution < -0.4 is 16.0 Å². The minimum absolute atomic E-state index is 0.00354. The molecule has 8 nitrogen and oxygen atoms in total. The lowest BCUT2D eigenvalue weighted by molar-refractivity contribution is -0.115. The van der Waals surface area contributed by atoms with Crippen LogP contribution in [0.4, 0.5) is 27.8 Å². The second kappa shape index (κ2) is 10.2. The summed E-state index contributed by atoms with van der Waals surface area (Å²) < 4.78 is 73.5. The highest BCUT2D eigenvalue weighted by molar-refractivity contribution is 6.11. The number of anilines is 1.